The van der Waals surface area contributed by atoms with Crippen LogP contribution in [0.2, 0.25) is 5.02 Å². The average molecular weight is 413 g/mol. The van der Waals surface area contributed by atoms with Crippen LogP contribution in [0.25, 0.3) is 0 Å². The van der Waals surface area contributed by atoms with Crippen molar-refractivity contribution in [3.05, 3.63) is 83.2 Å². The molecule has 0 aliphatic heterocycles. The normalized spacial score (nSPS) is 10.6. The van der Waals surface area contributed by atoms with Crippen molar-refractivity contribution in [1.29, 1.82) is 0 Å². The second kappa shape index (κ2) is 9.57. The van der Waals surface area contributed by atoms with Gasteiger partial charge in [-0.15, -0.1) is 16.8 Å². The Balaban J connectivity index is 1.65. The van der Waals surface area contributed by atoms with E-state index in [0.717, 1.165) is 22.6 Å². The molecule has 3 aromatic rings. The Morgan fingerprint density at radius 3 is 2.57 bits per heavy atom. The minimum atomic E-state index is -0.0822. The van der Waals surface area contributed by atoms with Gasteiger partial charge >= 0.3 is 0 Å². The zero-order chi connectivity index (χ0) is 19.9. The minimum Gasteiger partial charge on any atom is -0.325 e. The van der Waals surface area contributed by atoms with Gasteiger partial charge < -0.3 is 9.88 Å². The molecule has 7 heteroatoms. The van der Waals surface area contributed by atoms with E-state index >= 15 is 0 Å². The predicted octanol–water partition coefficient (Wildman–Crippen LogP) is 4.75. The molecule has 144 valence electrons. The number of aryl methyl sites for hydroxylation is 1. The monoisotopic (exact) mass is 412 g/mol. The summed E-state index contributed by atoms with van der Waals surface area (Å²) < 4.78 is 1.98. The van der Waals surface area contributed by atoms with E-state index in [1.807, 2.05) is 60.0 Å². The van der Waals surface area contributed by atoms with Crippen LogP contribution in [0.3, 0.4) is 0 Å². The topological polar surface area (TPSA) is 59.8 Å². The third-order valence-corrected chi connectivity index (χ3v) is 5.27. The third kappa shape index (κ3) is 5.47. The van der Waals surface area contributed by atoms with Crippen LogP contribution in [0.5, 0.6) is 0 Å². The molecule has 0 atom stereocenters. The number of anilines is 1. The number of carbonyl (C=O) groups excluding carboxylic acids is 1. The standard InChI is InChI=1S/C21H21ClN4OS/c1-3-12-26-19(13-16-6-8-17(22)9-7-16)24-25-21(26)28-14-20(27)23-18-10-4-15(2)5-11-18/h3-11H,1,12-14H2,2H3,(H,23,27). The molecule has 0 bridgehead atoms. The maximum atomic E-state index is 12.2. The van der Waals surface area contributed by atoms with Crippen molar-refractivity contribution in [2.75, 3.05) is 11.1 Å². The molecule has 1 amide bonds. The zero-order valence-corrected chi connectivity index (χ0v) is 17.1. The Hall–Kier alpha value is -2.57. The smallest absolute Gasteiger partial charge is 0.234 e. The van der Waals surface area contributed by atoms with Crippen LogP contribution in [-0.2, 0) is 17.8 Å². The summed E-state index contributed by atoms with van der Waals surface area (Å²) in [5.74, 6) is 0.995. The first-order valence-electron chi connectivity index (χ1n) is 8.82. The molecule has 0 fully saturated rings. The number of halogens is 1. The number of nitrogens with zero attached hydrogens (tertiary/aromatic N) is 3. The van der Waals surface area contributed by atoms with Crippen LogP contribution in [0.4, 0.5) is 5.69 Å². The molecule has 0 saturated heterocycles. The SMILES string of the molecule is C=CCn1c(Cc2ccc(Cl)cc2)nnc1SCC(=O)Nc1ccc(C)cc1. The number of rotatable bonds is 8. The van der Waals surface area contributed by atoms with Gasteiger partial charge in [0.15, 0.2) is 5.16 Å². The number of benzene rings is 2. The third-order valence-electron chi connectivity index (χ3n) is 4.05. The van der Waals surface area contributed by atoms with E-state index in [9.17, 15) is 4.79 Å². The number of hydrogen-bond donors (Lipinski definition) is 1. The maximum Gasteiger partial charge on any atom is 0.234 e. The summed E-state index contributed by atoms with van der Waals surface area (Å²) in [6.07, 6.45) is 2.43. The van der Waals surface area contributed by atoms with Crippen molar-refractivity contribution in [3.63, 3.8) is 0 Å². The second-order valence-electron chi connectivity index (χ2n) is 6.30. The summed E-state index contributed by atoms with van der Waals surface area (Å²) in [6, 6.07) is 15.4. The summed E-state index contributed by atoms with van der Waals surface area (Å²) in [4.78, 5) is 12.2. The summed E-state index contributed by atoms with van der Waals surface area (Å²) >= 11 is 7.31. The van der Waals surface area contributed by atoms with Crippen molar-refractivity contribution >= 4 is 35.0 Å². The molecule has 0 aliphatic carbocycles. The van der Waals surface area contributed by atoms with Gasteiger partial charge in [0.25, 0.3) is 0 Å². The van der Waals surface area contributed by atoms with Gasteiger partial charge in [-0.2, -0.15) is 0 Å². The highest BCUT2D eigenvalue weighted by Crippen LogP contribution is 2.20. The number of amides is 1. The number of nitrogens with one attached hydrogen (secondary N) is 1. The lowest BCUT2D eigenvalue weighted by Gasteiger charge is -2.08. The largest absolute Gasteiger partial charge is 0.325 e. The first kappa shape index (κ1) is 20.2. The zero-order valence-electron chi connectivity index (χ0n) is 15.6. The maximum absolute atomic E-state index is 12.2. The Morgan fingerprint density at radius 2 is 1.89 bits per heavy atom. The molecule has 0 spiro atoms. The lowest BCUT2D eigenvalue weighted by Crippen LogP contribution is -2.14. The molecule has 0 aliphatic rings. The molecule has 1 aromatic heterocycles. The molecule has 2 aromatic carbocycles. The van der Waals surface area contributed by atoms with E-state index in [4.69, 9.17) is 11.6 Å². The van der Waals surface area contributed by atoms with Gasteiger partial charge in [0.1, 0.15) is 5.82 Å². The summed E-state index contributed by atoms with van der Waals surface area (Å²) in [6.45, 7) is 6.40. The van der Waals surface area contributed by atoms with E-state index in [0.29, 0.717) is 23.1 Å². The Bertz CT molecular complexity index is 952. The van der Waals surface area contributed by atoms with E-state index in [1.165, 1.54) is 11.8 Å². The lowest BCUT2D eigenvalue weighted by molar-refractivity contribution is -0.113. The molecular formula is C21H21ClN4OS. The lowest BCUT2D eigenvalue weighted by atomic mass is 10.1. The first-order valence-corrected chi connectivity index (χ1v) is 10.2. The number of carbonyl (C=O) groups is 1. The first-order chi connectivity index (χ1) is 13.5. The van der Waals surface area contributed by atoms with Crippen molar-refractivity contribution in [1.82, 2.24) is 14.8 Å². The molecule has 28 heavy (non-hydrogen) atoms. The quantitative estimate of drug-likeness (QED) is 0.428. The van der Waals surface area contributed by atoms with Crippen LogP contribution >= 0.6 is 23.4 Å². The average Bonchev–Trinajstić information content (AvgIpc) is 3.06. The summed E-state index contributed by atoms with van der Waals surface area (Å²) in [5, 5.41) is 12.9. The fourth-order valence-electron chi connectivity index (χ4n) is 2.62. The van der Waals surface area contributed by atoms with Crippen molar-refractivity contribution in [2.45, 2.75) is 25.0 Å². The van der Waals surface area contributed by atoms with Gasteiger partial charge in [0, 0.05) is 23.7 Å². The van der Waals surface area contributed by atoms with Gasteiger partial charge in [0.05, 0.1) is 5.75 Å². The second-order valence-corrected chi connectivity index (χ2v) is 7.68. The van der Waals surface area contributed by atoms with E-state index < -0.39 is 0 Å². The molecule has 0 radical (unpaired) electrons. The van der Waals surface area contributed by atoms with Crippen LogP contribution in [0, 0.1) is 6.92 Å². The van der Waals surface area contributed by atoms with Gasteiger partial charge in [-0.05, 0) is 36.8 Å². The Morgan fingerprint density at radius 1 is 1.18 bits per heavy atom. The van der Waals surface area contributed by atoms with Crippen LogP contribution < -0.4 is 5.32 Å². The van der Waals surface area contributed by atoms with Gasteiger partial charge in [-0.25, -0.2) is 0 Å². The molecule has 1 N–H and O–H groups in total. The Kier molecular flexibility index (Phi) is 6.90. The van der Waals surface area contributed by atoms with Gasteiger partial charge in [-0.3, -0.25) is 4.79 Å². The number of thioether (sulfide) groups is 1. The molecule has 0 saturated carbocycles. The van der Waals surface area contributed by atoms with Crippen molar-refractivity contribution in [3.8, 4) is 0 Å². The number of hydrogen-bond acceptors (Lipinski definition) is 4. The van der Waals surface area contributed by atoms with Crippen LogP contribution in [-0.4, -0.2) is 26.4 Å². The molecule has 0 unspecified atom stereocenters. The summed E-state index contributed by atoms with van der Waals surface area (Å²) in [7, 11) is 0. The van der Waals surface area contributed by atoms with Crippen LogP contribution in [0.1, 0.15) is 17.0 Å². The number of allylic oxidation sites excluding steroid dienone is 1. The molecule has 3 rings (SSSR count). The fraction of sp³-hybridized carbons (Fsp3) is 0.190. The highest BCUT2D eigenvalue weighted by atomic mass is 35.5. The van der Waals surface area contributed by atoms with Crippen LogP contribution in [0.15, 0.2) is 66.3 Å². The molecule has 1 heterocycles. The van der Waals surface area contributed by atoms with E-state index in [1.54, 1.807) is 6.08 Å². The number of aromatic nitrogens is 3. The van der Waals surface area contributed by atoms with E-state index in [2.05, 4.69) is 22.1 Å². The van der Waals surface area contributed by atoms with E-state index in [-0.39, 0.29) is 11.7 Å². The molecule has 5 nitrogen and oxygen atoms in total. The Labute approximate surface area is 173 Å². The molecular weight excluding hydrogens is 392 g/mol. The van der Waals surface area contributed by atoms with Crippen molar-refractivity contribution in [2.24, 2.45) is 0 Å². The fourth-order valence-corrected chi connectivity index (χ4v) is 3.51. The minimum absolute atomic E-state index is 0.0822. The highest BCUT2D eigenvalue weighted by molar-refractivity contribution is 7.99. The van der Waals surface area contributed by atoms with Crippen molar-refractivity contribution < 1.29 is 4.79 Å². The highest BCUT2D eigenvalue weighted by Gasteiger charge is 2.14. The predicted molar refractivity (Wildman–Crippen MR) is 115 cm³/mol. The van der Waals surface area contributed by atoms with Gasteiger partial charge in [0.2, 0.25) is 5.91 Å². The van der Waals surface area contributed by atoms with Gasteiger partial charge in [-0.1, -0.05) is 59.3 Å². The summed E-state index contributed by atoms with van der Waals surface area (Å²) in [5.41, 5.74) is 3.03.